The number of carboxylic acids is 1. The minimum absolute atomic E-state index is 0.185. The van der Waals surface area contributed by atoms with Gasteiger partial charge in [-0.1, -0.05) is 23.7 Å². The van der Waals surface area contributed by atoms with Gasteiger partial charge >= 0.3 is 5.97 Å². The molecule has 0 aromatic heterocycles. The van der Waals surface area contributed by atoms with Gasteiger partial charge in [0.05, 0.1) is 18.6 Å². The van der Waals surface area contributed by atoms with Gasteiger partial charge in [0.2, 0.25) is 0 Å². The summed E-state index contributed by atoms with van der Waals surface area (Å²) >= 11 is 5.74. The first kappa shape index (κ1) is 13.0. The van der Waals surface area contributed by atoms with Crippen LogP contribution in [0.3, 0.4) is 0 Å². The Labute approximate surface area is 100.0 Å². The molecule has 0 aliphatic carbocycles. The molecule has 3 nitrogen and oxygen atoms in total. The van der Waals surface area contributed by atoms with E-state index in [9.17, 15) is 4.79 Å². The van der Waals surface area contributed by atoms with Crippen molar-refractivity contribution in [1.29, 1.82) is 0 Å². The van der Waals surface area contributed by atoms with Crippen LogP contribution in [0.4, 0.5) is 0 Å². The Kier molecular flexibility index (Phi) is 4.33. The topological polar surface area (TPSA) is 46.5 Å². The maximum atomic E-state index is 10.8. The van der Waals surface area contributed by atoms with E-state index in [-0.39, 0.29) is 6.61 Å². The van der Waals surface area contributed by atoms with E-state index >= 15 is 0 Å². The van der Waals surface area contributed by atoms with Gasteiger partial charge in [-0.2, -0.15) is 0 Å². The van der Waals surface area contributed by atoms with Gasteiger partial charge in [-0.25, -0.2) is 0 Å². The highest BCUT2D eigenvalue weighted by Gasteiger charge is 2.27. The second-order valence-corrected chi connectivity index (χ2v) is 4.74. The van der Waals surface area contributed by atoms with Crippen molar-refractivity contribution >= 4 is 17.6 Å². The zero-order chi connectivity index (χ0) is 12.2. The van der Waals surface area contributed by atoms with Gasteiger partial charge in [0.25, 0.3) is 0 Å². The summed E-state index contributed by atoms with van der Waals surface area (Å²) in [5, 5.41) is 9.55. The number of carbonyl (C=O) groups is 1. The van der Waals surface area contributed by atoms with E-state index in [0.717, 1.165) is 5.56 Å². The molecule has 0 heterocycles. The van der Waals surface area contributed by atoms with E-state index in [1.807, 2.05) is 12.1 Å². The molecule has 0 atom stereocenters. The summed E-state index contributed by atoms with van der Waals surface area (Å²) in [6, 6.07) is 7.28. The molecule has 0 aliphatic rings. The molecular weight excluding hydrogens is 228 g/mol. The number of carboxylic acid groups (broad SMARTS) is 1. The first-order valence-electron chi connectivity index (χ1n) is 4.97. The SMILES string of the molecule is CC(C)(COCc1ccc(Cl)cc1)C(=O)O. The number of hydrogen-bond donors (Lipinski definition) is 1. The normalized spacial score (nSPS) is 11.4. The average molecular weight is 243 g/mol. The summed E-state index contributed by atoms with van der Waals surface area (Å²) in [4.78, 5) is 10.8. The number of benzene rings is 1. The lowest BCUT2D eigenvalue weighted by Gasteiger charge is -2.18. The Hall–Kier alpha value is -1.06. The van der Waals surface area contributed by atoms with Crippen LogP contribution in [-0.4, -0.2) is 17.7 Å². The molecule has 1 rings (SSSR count). The van der Waals surface area contributed by atoms with Crippen LogP contribution in [0, 0.1) is 5.41 Å². The van der Waals surface area contributed by atoms with Crippen LogP contribution < -0.4 is 0 Å². The molecule has 1 aromatic carbocycles. The minimum atomic E-state index is -0.858. The van der Waals surface area contributed by atoms with Crippen LogP contribution in [-0.2, 0) is 16.1 Å². The van der Waals surface area contributed by atoms with Gasteiger partial charge in [0.15, 0.2) is 0 Å². The molecule has 88 valence electrons. The highest BCUT2D eigenvalue weighted by Crippen LogP contribution is 2.17. The summed E-state index contributed by atoms with van der Waals surface area (Å²) in [5.74, 6) is -0.858. The molecule has 0 unspecified atom stereocenters. The summed E-state index contributed by atoms with van der Waals surface area (Å²) in [5.41, 5.74) is 0.123. The molecule has 4 heteroatoms. The Morgan fingerprint density at radius 3 is 2.44 bits per heavy atom. The largest absolute Gasteiger partial charge is 0.481 e. The van der Waals surface area contributed by atoms with Gasteiger partial charge in [0, 0.05) is 5.02 Å². The van der Waals surface area contributed by atoms with Crippen molar-refractivity contribution in [2.75, 3.05) is 6.61 Å². The van der Waals surface area contributed by atoms with Gasteiger partial charge < -0.3 is 9.84 Å². The molecule has 0 saturated heterocycles. The molecule has 16 heavy (non-hydrogen) atoms. The first-order chi connectivity index (χ1) is 7.42. The third-order valence-corrected chi connectivity index (χ3v) is 2.48. The molecule has 0 amide bonds. The highest BCUT2D eigenvalue weighted by molar-refractivity contribution is 6.30. The van der Waals surface area contributed by atoms with E-state index in [1.165, 1.54) is 0 Å². The third kappa shape index (κ3) is 3.83. The van der Waals surface area contributed by atoms with E-state index in [1.54, 1.807) is 26.0 Å². The van der Waals surface area contributed by atoms with Crippen LogP contribution in [0.25, 0.3) is 0 Å². The smallest absolute Gasteiger partial charge is 0.311 e. The monoisotopic (exact) mass is 242 g/mol. The molecule has 0 radical (unpaired) electrons. The Morgan fingerprint density at radius 2 is 1.94 bits per heavy atom. The standard InChI is InChI=1S/C12H15ClO3/c1-12(2,11(14)15)8-16-7-9-3-5-10(13)6-4-9/h3-6H,7-8H2,1-2H3,(H,14,15). The van der Waals surface area contributed by atoms with Crippen LogP contribution in [0.2, 0.25) is 5.02 Å². The summed E-state index contributed by atoms with van der Waals surface area (Å²) in [6.45, 7) is 3.85. The lowest BCUT2D eigenvalue weighted by Crippen LogP contribution is -2.29. The quantitative estimate of drug-likeness (QED) is 0.864. The first-order valence-corrected chi connectivity index (χ1v) is 5.35. The van der Waals surface area contributed by atoms with Crippen molar-refractivity contribution in [3.05, 3.63) is 34.9 Å². The van der Waals surface area contributed by atoms with Crippen molar-refractivity contribution in [1.82, 2.24) is 0 Å². The molecule has 0 spiro atoms. The van der Waals surface area contributed by atoms with Crippen molar-refractivity contribution in [3.63, 3.8) is 0 Å². The van der Waals surface area contributed by atoms with Crippen LogP contribution in [0.5, 0.6) is 0 Å². The zero-order valence-corrected chi connectivity index (χ0v) is 10.1. The van der Waals surface area contributed by atoms with Crippen molar-refractivity contribution in [3.8, 4) is 0 Å². The lowest BCUT2D eigenvalue weighted by molar-refractivity contribution is -0.150. The predicted octanol–water partition coefficient (Wildman–Crippen LogP) is 2.97. The van der Waals surface area contributed by atoms with E-state index < -0.39 is 11.4 Å². The molecule has 0 aliphatic heterocycles. The average Bonchev–Trinajstić information content (AvgIpc) is 2.20. The van der Waals surface area contributed by atoms with Gasteiger partial charge in [-0.3, -0.25) is 4.79 Å². The number of aliphatic carboxylic acids is 1. The second-order valence-electron chi connectivity index (χ2n) is 4.31. The molecule has 0 bridgehead atoms. The summed E-state index contributed by atoms with van der Waals surface area (Å²) in [6.07, 6.45) is 0. The summed E-state index contributed by atoms with van der Waals surface area (Å²) < 4.78 is 5.36. The molecule has 0 fully saturated rings. The Balaban J connectivity index is 2.41. The van der Waals surface area contributed by atoms with Gasteiger partial charge in [0.1, 0.15) is 0 Å². The summed E-state index contributed by atoms with van der Waals surface area (Å²) in [7, 11) is 0. The lowest BCUT2D eigenvalue weighted by atomic mass is 9.95. The fourth-order valence-electron chi connectivity index (χ4n) is 1.07. The fourth-order valence-corrected chi connectivity index (χ4v) is 1.19. The fraction of sp³-hybridized carbons (Fsp3) is 0.417. The minimum Gasteiger partial charge on any atom is -0.481 e. The number of halogens is 1. The zero-order valence-electron chi connectivity index (χ0n) is 9.37. The Bertz CT molecular complexity index is 357. The predicted molar refractivity (Wildman–Crippen MR) is 62.5 cm³/mol. The van der Waals surface area contributed by atoms with Crippen LogP contribution in [0.15, 0.2) is 24.3 Å². The van der Waals surface area contributed by atoms with E-state index in [0.29, 0.717) is 11.6 Å². The third-order valence-electron chi connectivity index (χ3n) is 2.22. The van der Waals surface area contributed by atoms with E-state index in [4.69, 9.17) is 21.4 Å². The van der Waals surface area contributed by atoms with Crippen molar-refractivity contribution < 1.29 is 14.6 Å². The number of hydrogen-bond acceptors (Lipinski definition) is 2. The highest BCUT2D eigenvalue weighted by atomic mass is 35.5. The van der Waals surface area contributed by atoms with E-state index in [2.05, 4.69) is 0 Å². The van der Waals surface area contributed by atoms with Crippen LogP contribution >= 0.6 is 11.6 Å². The molecular formula is C12H15ClO3. The molecule has 1 N–H and O–H groups in total. The van der Waals surface area contributed by atoms with Crippen molar-refractivity contribution in [2.45, 2.75) is 20.5 Å². The molecule has 0 saturated carbocycles. The molecule has 1 aromatic rings. The van der Waals surface area contributed by atoms with Gasteiger partial charge in [-0.15, -0.1) is 0 Å². The van der Waals surface area contributed by atoms with Crippen molar-refractivity contribution in [2.24, 2.45) is 5.41 Å². The van der Waals surface area contributed by atoms with Gasteiger partial charge in [-0.05, 0) is 31.5 Å². The maximum Gasteiger partial charge on any atom is 0.311 e. The second kappa shape index (κ2) is 5.32. The number of ether oxygens (including phenoxy) is 1. The van der Waals surface area contributed by atoms with Crippen LogP contribution in [0.1, 0.15) is 19.4 Å². The maximum absolute atomic E-state index is 10.8. The number of rotatable bonds is 5. The Morgan fingerprint density at radius 1 is 1.38 bits per heavy atom.